The van der Waals surface area contributed by atoms with E-state index in [9.17, 15) is 34.2 Å². The number of esters is 2. The molecule has 0 unspecified atom stereocenters. The van der Waals surface area contributed by atoms with Crippen molar-refractivity contribution in [3.05, 3.63) is 71.8 Å². The molecule has 0 spiro atoms. The Kier molecular flexibility index (Phi) is 8.11. The zero-order valence-corrected chi connectivity index (χ0v) is 17.4. The highest BCUT2D eigenvalue weighted by molar-refractivity contribution is 6.39. The third kappa shape index (κ3) is 5.51. The lowest BCUT2D eigenvalue weighted by atomic mass is 9.80. The summed E-state index contributed by atoms with van der Waals surface area (Å²) < 4.78 is 9.79. The Hall–Kier alpha value is -3.69. The van der Waals surface area contributed by atoms with Crippen molar-refractivity contribution in [2.75, 3.05) is 6.61 Å². The van der Waals surface area contributed by atoms with Gasteiger partial charge in [-0.3, -0.25) is 19.2 Å². The van der Waals surface area contributed by atoms with E-state index in [0.717, 1.165) is 13.8 Å². The third-order valence-corrected chi connectivity index (χ3v) is 4.56. The Labute approximate surface area is 183 Å². The van der Waals surface area contributed by atoms with Crippen molar-refractivity contribution in [1.29, 1.82) is 0 Å². The molecular formula is C23H22O9. The standard InChI is InChI=1S/C23H22O9/c1-14(24)19(27)21(32-15(2)25)23(30,20(28)16-9-5-3-6-10-16)18(26)13-31-22(29)17-11-7-4-8-12-17/h3-12,18,21,26,30H,13H2,1-2H3/t18-,21+,23+/m1/s1. The molecule has 2 aromatic carbocycles. The molecular weight excluding hydrogens is 420 g/mol. The Morgan fingerprint density at radius 1 is 0.875 bits per heavy atom. The predicted octanol–water partition coefficient (Wildman–Crippen LogP) is 0.908. The molecule has 0 bridgehead atoms. The van der Waals surface area contributed by atoms with Crippen molar-refractivity contribution in [3.8, 4) is 0 Å². The normalized spacial score (nSPS) is 14.4. The number of carbonyl (C=O) groups is 5. The molecule has 0 aliphatic heterocycles. The van der Waals surface area contributed by atoms with Gasteiger partial charge in [-0.1, -0.05) is 48.5 Å². The van der Waals surface area contributed by atoms with Crippen molar-refractivity contribution >= 4 is 29.3 Å². The lowest BCUT2D eigenvalue weighted by Gasteiger charge is -2.36. The first-order chi connectivity index (χ1) is 15.1. The van der Waals surface area contributed by atoms with Gasteiger partial charge in [-0.05, 0) is 12.1 Å². The number of carbonyl (C=O) groups excluding carboxylic acids is 5. The van der Waals surface area contributed by atoms with Gasteiger partial charge in [0.05, 0.1) is 5.56 Å². The molecule has 0 aliphatic rings. The monoisotopic (exact) mass is 442 g/mol. The largest absolute Gasteiger partial charge is 0.459 e. The number of ether oxygens (including phenoxy) is 2. The average Bonchev–Trinajstić information content (AvgIpc) is 2.80. The van der Waals surface area contributed by atoms with Gasteiger partial charge in [-0.15, -0.1) is 0 Å². The van der Waals surface area contributed by atoms with Crippen LogP contribution in [-0.4, -0.2) is 63.9 Å². The number of ketones is 3. The van der Waals surface area contributed by atoms with E-state index in [-0.39, 0.29) is 11.1 Å². The Morgan fingerprint density at radius 3 is 1.84 bits per heavy atom. The molecule has 0 aromatic heterocycles. The molecule has 2 N–H and O–H groups in total. The first-order valence-electron chi connectivity index (χ1n) is 9.53. The smallest absolute Gasteiger partial charge is 0.338 e. The van der Waals surface area contributed by atoms with Gasteiger partial charge >= 0.3 is 11.9 Å². The average molecular weight is 442 g/mol. The molecule has 32 heavy (non-hydrogen) atoms. The summed E-state index contributed by atoms with van der Waals surface area (Å²) in [5.74, 6) is -5.70. The summed E-state index contributed by atoms with van der Waals surface area (Å²) in [6.45, 7) is 0.815. The van der Waals surface area contributed by atoms with Crippen LogP contribution in [0.1, 0.15) is 34.6 Å². The van der Waals surface area contributed by atoms with Crippen LogP contribution in [0.2, 0.25) is 0 Å². The van der Waals surface area contributed by atoms with Crippen molar-refractivity contribution in [2.45, 2.75) is 31.7 Å². The van der Waals surface area contributed by atoms with Crippen LogP contribution < -0.4 is 0 Å². The second-order valence-corrected chi connectivity index (χ2v) is 6.91. The van der Waals surface area contributed by atoms with Crippen LogP contribution in [-0.2, 0) is 23.9 Å². The van der Waals surface area contributed by atoms with Gasteiger partial charge in [0.1, 0.15) is 12.7 Å². The minimum Gasteiger partial charge on any atom is -0.459 e. The highest BCUT2D eigenvalue weighted by atomic mass is 16.6. The van der Waals surface area contributed by atoms with E-state index < -0.39 is 53.7 Å². The van der Waals surface area contributed by atoms with E-state index in [1.165, 1.54) is 36.4 Å². The van der Waals surface area contributed by atoms with Gasteiger partial charge in [0.25, 0.3) is 0 Å². The highest BCUT2D eigenvalue weighted by Crippen LogP contribution is 2.27. The molecule has 3 atom stereocenters. The maximum absolute atomic E-state index is 13.2. The fourth-order valence-corrected chi connectivity index (χ4v) is 2.90. The van der Waals surface area contributed by atoms with Crippen molar-refractivity contribution < 1.29 is 43.7 Å². The fraction of sp³-hybridized carbons (Fsp3) is 0.261. The van der Waals surface area contributed by atoms with Gasteiger partial charge in [0, 0.05) is 19.4 Å². The molecule has 0 fully saturated rings. The molecule has 2 rings (SSSR count). The molecule has 9 nitrogen and oxygen atoms in total. The summed E-state index contributed by atoms with van der Waals surface area (Å²) in [7, 11) is 0. The number of Topliss-reactive ketones (excluding diaryl/α,β-unsaturated/α-hetero) is 3. The molecule has 0 saturated heterocycles. The minimum atomic E-state index is -3.12. The van der Waals surface area contributed by atoms with Gasteiger partial charge < -0.3 is 19.7 Å². The van der Waals surface area contributed by atoms with Gasteiger partial charge in [0.15, 0.2) is 5.78 Å². The highest BCUT2D eigenvalue weighted by Gasteiger charge is 2.56. The van der Waals surface area contributed by atoms with Crippen molar-refractivity contribution in [1.82, 2.24) is 0 Å². The molecule has 0 radical (unpaired) electrons. The molecule has 9 heteroatoms. The quantitative estimate of drug-likeness (QED) is 0.311. The lowest BCUT2D eigenvalue weighted by molar-refractivity contribution is -0.179. The van der Waals surface area contributed by atoms with E-state index in [1.54, 1.807) is 24.3 Å². The van der Waals surface area contributed by atoms with Crippen LogP contribution in [0.15, 0.2) is 60.7 Å². The van der Waals surface area contributed by atoms with E-state index in [2.05, 4.69) is 0 Å². The third-order valence-electron chi connectivity index (χ3n) is 4.56. The topological polar surface area (TPSA) is 144 Å². The second-order valence-electron chi connectivity index (χ2n) is 6.91. The summed E-state index contributed by atoms with van der Waals surface area (Å²) >= 11 is 0. The van der Waals surface area contributed by atoms with Crippen LogP contribution in [0, 0.1) is 0 Å². The van der Waals surface area contributed by atoms with E-state index in [1.807, 2.05) is 0 Å². The predicted molar refractivity (Wildman–Crippen MR) is 110 cm³/mol. The molecule has 0 amide bonds. The minimum absolute atomic E-state index is 0.133. The van der Waals surface area contributed by atoms with E-state index in [0.29, 0.717) is 0 Å². The molecule has 0 aliphatic carbocycles. The van der Waals surface area contributed by atoms with E-state index >= 15 is 0 Å². The summed E-state index contributed by atoms with van der Waals surface area (Å²) in [5.41, 5.74) is -3.13. The number of benzene rings is 2. The zero-order chi connectivity index (χ0) is 23.9. The zero-order valence-electron chi connectivity index (χ0n) is 17.4. The summed E-state index contributed by atoms with van der Waals surface area (Å²) in [6, 6.07) is 14.8. The van der Waals surface area contributed by atoms with Gasteiger partial charge in [-0.25, -0.2) is 4.79 Å². The molecule has 2 aromatic rings. The Morgan fingerprint density at radius 2 is 1.38 bits per heavy atom. The lowest BCUT2D eigenvalue weighted by Crippen LogP contribution is -2.64. The first kappa shape index (κ1) is 24.6. The summed E-state index contributed by atoms with van der Waals surface area (Å²) in [4.78, 5) is 61.1. The fourth-order valence-electron chi connectivity index (χ4n) is 2.90. The number of aliphatic hydroxyl groups is 2. The maximum Gasteiger partial charge on any atom is 0.338 e. The molecule has 168 valence electrons. The van der Waals surface area contributed by atoms with Gasteiger partial charge in [-0.2, -0.15) is 0 Å². The molecule has 0 saturated carbocycles. The number of rotatable bonds is 10. The SMILES string of the molecule is CC(=O)O[C@@H](C(=O)C(C)=O)[C@@](O)(C(=O)c1ccccc1)[C@H](O)COC(=O)c1ccccc1. The van der Waals surface area contributed by atoms with Crippen LogP contribution >= 0.6 is 0 Å². The van der Waals surface area contributed by atoms with Crippen molar-refractivity contribution in [3.63, 3.8) is 0 Å². The first-order valence-corrected chi connectivity index (χ1v) is 9.53. The van der Waals surface area contributed by atoms with Crippen LogP contribution in [0.3, 0.4) is 0 Å². The summed E-state index contributed by atoms with van der Waals surface area (Å²) in [6.07, 6.45) is -4.59. The maximum atomic E-state index is 13.2. The van der Waals surface area contributed by atoms with Crippen molar-refractivity contribution in [2.24, 2.45) is 0 Å². The second kappa shape index (κ2) is 10.6. The number of hydrogen-bond donors (Lipinski definition) is 2. The Balaban J connectivity index is 2.44. The van der Waals surface area contributed by atoms with E-state index in [4.69, 9.17) is 9.47 Å². The van der Waals surface area contributed by atoms with Crippen LogP contribution in [0.25, 0.3) is 0 Å². The van der Waals surface area contributed by atoms with Gasteiger partial charge in [0.2, 0.25) is 23.3 Å². The number of aliphatic hydroxyl groups excluding tert-OH is 1. The summed E-state index contributed by atoms with van der Waals surface area (Å²) in [5, 5.41) is 22.0. The molecule has 0 heterocycles. The van der Waals surface area contributed by atoms with Crippen LogP contribution in [0.4, 0.5) is 0 Å². The Bertz CT molecular complexity index is 1000. The van der Waals surface area contributed by atoms with Crippen LogP contribution in [0.5, 0.6) is 0 Å². The number of hydrogen-bond acceptors (Lipinski definition) is 9.